The molecule has 0 radical (unpaired) electrons. The van der Waals surface area contributed by atoms with Crippen molar-refractivity contribution in [2.45, 2.75) is 25.3 Å². The summed E-state index contributed by atoms with van der Waals surface area (Å²) in [5.41, 5.74) is 0.357. The molecule has 1 saturated carbocycles. The van der Waals surface area contributed by atoms with Crippen molar-refractivity contribution < 1.29 is 14.7 Å². The van der Waals surface area contributed by atoms with E-state index in [9.17, 15) is 9.59 Å². The van der Waals surface area contributed by atoms with Crippen molar-refractivity contribution in [3.8, 4) is 0 Å². The van der Waals surface area contributed by atoms with Gasteiger partial charge in [0.05, 0.1) is 18.4 Å². The number of carbonyl (C=O) groups excluding carboxylic acids is 1. The SMILES string of the molecule is O=C(NC1CCCC1C(=O)O)c1cnc[nH]1. The van der Waals surface area contributed by atoms with E-state index in [1.54, 1.807) is 0 Å². The fourth-order valence-corrected chi connectivity index (χ4v) is 2.05. The van der Waals surface area contributed by atoms with E-state index < -0.39 is 11.9 Å². The molecule has 1 aromatic heterocycles. The molecule has 6 nitrogen and oxygen atoms in total. The molecule has 1 aliphatic carbocycles. The number of nitrogens with one attached hydrogen (secondary N) is 2. The number of carbonyl (C=O) groups is 2. The molecule has 3 N–H and O–H groups in total. The highest BCUT2D eigenvalue weighted by atomic mass is 16.4. The minimum atomic E-state index is -0.840. The van der Waals surface area contributed by atoms with Crippen molar-refractivity contribution in [1.82, 2.24) is 15.3 Å². The third-order valence-electron chi connectivity index (χ3n) is 2.89. The molecule has 1 fully saturated rings. The lowest BCUT2D eigenvalue weighted by Crippen LogP contribution is -2.40. The summed E-state index contributed by atoms with van der Waals surface area (Å²) in [5.74, 6) is -1.60. The zero-order valence-electron chi connectivity index (χ0n) is 8.64. The zero-order chi connectivity index (χ0) is 11.5. The first kappa shape index (κ1) is 10.7. The van der Waals surface area contributed by atoms with E-state index in [0.717, 1.165) is 12.8 Å². The predicted molar refractivity (Wildman–Crippen MR) is 54.8 cm³/mol. The Morgan fingerprint density at radius 3 is 2.94 bits per heavy atom. The second-order valence-corrected chi connectivity index (χ2v) is 3.92. The van der Waals surface area contributed by atoms with E-state index in [0.29, 0.717) is 12.1 Å². The minimum Gasteiger partial charge on any atom is -0.481 e. The van der Waals surface area contributed by atoms with Crippen LogP contribution < -0.4 is 5.32 Å². The fraction of sp³-hybridized carbons (Fsp3) is 0.500. The molecule has 16 heavy (non-hydrogen) atoms. The van der Waals surface area contributed by atoms with Crippen LogP contribution in [-0.2, 0) is 4.79 Å². The van der Waals surface area contributed by atoms with Crippen LogP contribution in [0.15, 0.2) is 12.5 Å². The third-order valence-corrected chi connectivity index (χ3v) is 2.89. The van der Waals surface area contributed by atoms with Gasteiger partial charge < -0.3 is 15.4 Å². The van der Waals surface area contributed by atoms with Crippen LogP contribution in [0.3, 0.4) is 0 Å². The Kier molecular flexibility index (Phi) is 2.89. The largest absolute Gasteiger partial charge is 0.481 e. The van der Waals surface area contributed by atoms with Gasteiger partial charge >= 0.3 is 5.97 Å². The molecule has 1 amide bonds. The summed E-state index contributed by atoms with van der Waals surface area (Å²) in [5, 5.41) is 11.7. The van der Waals surface area contributed by atoms with E-state index >= 15 is 0 Å². The van der Waals surface area contributed by atoms with Crippen LogP contribution in [0.25, 0.3) is 0 Å². The first-order chi connectivity index (χ1) is 7.68. The Labute approximate surface area is 92.1 Å². The van der Waals surface area contributed by atoms with Gasteiger partial charge in [-0.15, -0.1) is 0 Å². The lowest BCUT2D eigenvalue weighted by molar-refractivity contribution is -0.142. The maximum atomic E-state index is 11.7. The predicted octanol–water partition coefficient (Wildman–Crippen LogP) is 0.393. The number of carboxylic acid groups (broad SMARTS) is 1. The number of carboxylic acids is 1. The van der Waals surface area contributed by atoms with Gasteiger partial charge in [-0.25, -0.2) is 4.98 Å². The monoisotopic (exact) mass is 223 g/mol. The molecule has 0 aliphatic heterocycles. The van der Waals surface area contributed by atoms with Gasteiger partial charge in [0.1, 0.15) is 5.69 Å². The number of imidazole rings is 1. The van der Waals surface area contributed by atoms with Crippen molar-refractivity contribution in [3.05, 3.63) is 18.2 Å². The number of H-pyrrole nitrogens is 1. The van der Waals surface area contributed by atoms with Gasteiger partial charge in [0, 0.05) is 6.04 Å². The van der Waals surface area contributed by atoms with Gasteiger partial charge in [-0.1, -0.05) is 6.42 Å². The maximum absolute atomic E-state index is 11.7. The molecule has 1 aliphatic rings. The summed E-state index contributed by atoms with van der Waals surface area (Å²) in [4.78, 5) is 29.0. The van der Waals surface area contributed by atoms with Gasteiger partial charge in [-0.05, 0) is 12.8 Å². The lowest BCUT2D eigenvalue weighted by Gasteiger charge is -2.16. The van der Waals surface area contributed by atoms with Crippen LogP contribution in [0.1, 0.15) is 29.8 Å². The Bertz CT molecular complexity index is 388. The number of aromatic amines is 1. The zero-order valence-corrected chi connectivity index (χ0v) is 8.64. The summed E-state index contributed by atoms with van der Waals surface area (Å²) in [6, 6.07) is -0.270. The summed E-state index contributed by atoms with van der Waals surface area (Å²) in [7, 11) is 0. The van der Waals surface area contributed by atoms with Crippen LogP contribution in [0.2, 0.25) is 0 Å². The third kappa shape index (κ3) is 2.05. The number of aromatic nitrogens is 2. The number of aliphatic carboxylic acids is 1. The molecular formula is C10H13N3O3. The van der Waals surface area contributed by atoms with Crippen molar-refractivity contribution in [2.24, 2.45) is 5.92 Å². The van der Waals surface area contributed by atoms with E-state index in [4.69, 9.17) is 5.11 Å². The molecule has 1 heterocycles. The van der Waals surface area contributed by atoms with E-state index in [1.165, 1.54) is 12.5 Å². The quantitative estimate of drug-likeness (QED) is 0.690. The van der Waals surface area contributed by atoms with Crippen LogP contribution in [0.4, 0.5) is 0 Å². The van der Waals surface area contributed by atoms with Crippen LogP contribution >= 0.6 is 0 Å². The fourth-order valence-electron chi connectivity index (χ4n) is 2.05. The van der Waals surface area contributed by atoms with Crippen molar-refractivity contribution in [3.63, 3.8) is 0 Å². The molecule has 2 atom stereocenters. The number of hydrogen-bond donors (Lipinski definition) is 3. The van der Waals surface area contributed by atoms with Gasteiger partial charge in [-0.2, -0.15) is 0 Å². The second kappa shape index (κ2) is 4.34. The Balaban J connectivity index is 1.99. The van der Waals surface area contributed by atoms with Crippen molar-refractivity contribution in [2.75, 3.05) is 0 Å². The number of hydrogen-bond acceptors (Lipinski definition) is 3. The molecular weight excluding hydrogens is 210 g/mol. The lowest BCUT2D eigenvalue weighted by atomic mass is 10.0. The van der Waals surface area contributed by atoms with Crippen LogP contribution in [0, 0.1) is 5.92 Å². The normalized spacial score (nSPS) is 24.2. The van der Waals surface area contributed by atoms with E-state index in [2.05, 4.69) is 15.3 Å². The Hall–Kier alpha value is -1.85. The molecule has 2 unspecified atom stereocenters. The maximum Gasteiger partial charge on any atom is 0.308 e. The van der Waals surface area contributed by atoms with Gasteiger partial charge in [-0.3, -0.25) is 9.59 Å². The Morgan fingerprint density at radius 2 is 2.31 bits per heavy atom. The van der Waals surface area contributed by atoms with Gasteiger partial charge in [0.25, 0.3) is 5.91 Å². The van der Waals surface area contributed by atoms with Crippen molar-refractivity contribution in [1.29, 1.82) is 0 Å². The molecule has 0 saturated heterocycles. The minimum absolute atomic E-state index is 0.270. The average Bonchev–Trinajstić information content (AvgIpc) is 2.86. The smallest absolute Gasteiger partial charge is 0.308 e. The highest BCUT2D eigenvalue weighted by Gasteiger charge is 2.34. The van der Waals surface area contributed by atoms with Gasteiger partial charge in [0.15, 0.2) is 0 Å². The van der Waals surface area contributed by atoms with E-state index in [-0.39, 0.29) is 11.9 Å². The molecule has 86 valence electrons. The number of nitrogens with zero attached hydrogens (tertiary/aromatic N) is 1. The summed E-state index contributed by atoms with van der Waals surface area (Å²) in [6.07, 6.45) is 5.02. The van der Waals surface area contributed by atoms with Crippen LogP contribution in [-0.4, -0.2) is 33.0 Å². The molecule has 1 aromatic rings. The van der Waals surface area contributed by atoms with Gasteiger partial charge in [0.2, 0.25) is 0 Å². The highest BCUT2D eigenvalue weighted by Crippen LogP contribution is 2.25. The molecule has 0 bridgehead atoms. The Morgan fingerprint density at radius 1 is 1.50 bits per heavy atom. The summed E-state index contributed by atoms with van der Waals surface area (Å²) in [6.45, 7) is 0. The first-order valence-corrected chi connectivity index (χ1v) is 5.20. The first-order valence-electron chi connectivity index (χ1n) is 5.20. The van der Waals surface area contributed by atoms with Crippen LogP contribution in [0.5, 0.6) is 0 Å². The molecule has 2 rings (SSSR count). The standard InChI is InChI=1S/C10H13N3O3/c14-9(8-4-11-5-12-8)13-7-3-1-2-6(7)10(15)16/h4-7H,1-3H2,(H,11,12)(H,13,14)(H,15,16). The number of rotatable bonds is 3. The molecule has 0 spiro atoms. The topological polar surface area (TPSA) is 95.1 Å². The molecule has 0 aromatic carbocycles. The van der Waals surface area contributed by atoms with Crippen molar-refractivity contribution >= 4 is 11.9 Å². The summed E-state index contributed by atoms with van der Waals surface area (Å²) >= 11 is 0. The second-order valence-electron chi connectivity index (χ2n) is 3.92. The number of amides is 1. The highest BCUT2D eigenvalue weighted by molar-refractivity contribution is 5.92. The summed E-state index contributed by atoms with van der Waals surface area (Å²) < 4.78 is 0. The average molecular weight is 223 g/mol. The molecule has 6 heteroatoms. The van der Waals surface area contributed by atoms with E-state index in [1.807, 2.05) is 0 Å².